The standard InChI is InChI=1S/C24H33N3O5S/c1-17-13-25-18(2)15-32-22-11-10-20(12-21(22)24(28)27(3)14-23(17)31-4)26-33(29,30)16-19-8-6-5-7-9-19/h5-12,17-18,23,25-26H,13-16H2,1-4H3/t17-,18-,23+/m1/s1. The van der Waals surface area contributed by atoms with Gasteiger partial charge in [-0.15, -0.1) is 0 Å². The van der Waals surface area contributed by atoms with Crippen molar-refractivity contribution in [1.82, 2.24) is 10.2 Å². The van der Waals surface area contributed by atoms with E-state index in [2.05, 4.69) is 17.0 Å². The average Bonchev–Trinajstić information content (AvgIpc) is 2.78. The number of carbonyl (C=O) groups is 1. The number of methoxy groups -OCH3 is 1. The van der Waals surface area contributed by atoms with E-state index in [1.165, 1.54) is 6.07 Å². The molecule has 33 heavy (non-hydrogen) atoms. The van der Waals surface area contributed by atoms with Gasteiger partial charge in [0, 0.05) is 39.0 Å². The highest BCUT2D eigenvalue weighted by molar-refractivity contribution is 7.91. The molecule has 0 bridgehead atoms. The van der Waals surface area contributed by atoms with Crippen molar-refractivity contribution in [2.45, 2.75) is 31.7 Å². The summed E-state index contributed by atoms with van der Waals surface area (Å²) < 4.78 is 39.5. The van der Waals surface area contributed by atoms with E-state index in [4.69, 9.17) is 9.47 Å². The van der Waals surface area contributed by atoms with Crippen molar-refractivity contribution in [2.24, 2.45) is 5.92 Å². The van der Waals surface area contributed by atoms with Crippen molar-refractivity contribution in [1.29, 1.82) is 0 Å². The van der Waals surface area contributed by atoms with Crippen LogP contribution in [0.1, 0.15) is 29.8 Å². The predicted molar refractivity (Wildman–Crippen MR) is 129 cm³/mol. The topological polar surface area (TPSA) is 97.0 Å². The molecule has 2 aromatic carbocycles. The molecule has 0 spiro atoms. The number of fused-ring (bicyclic) bond motifs is 1. The first-order valence-electron chi connectivity index (χ1n) is 11.0. The number of carbonyl (C=O) groups excluding carboxylic acids is 1. The van der Waals surface area contributed by atoms with Crippen molar-refractivity contribution in [3.8, 4) is 5.75 Å². The van der Waals surface area contributed by atoms with Crippen LogP contribution < -0.4 is 14.8 Å². The van der Waals surface area contributed by atoms with Crippen LogP contribution in [0.25, 0.3) is 0 Å². The zero-order chi connectivity index (χ0) is 24.0. The lowest BCUT2D eigenvalue weighted by molar-refractivity contribution is 0.0281. The molecule has 0 saturated carbocycles. The van der Waals surface area contributed by atoms with Crippen LogP contribution in [0.4, 0.5) is 5.69 Å². The first kappa shape index (κ1) is 25.0. The fraction of sp³-hybridized carbons (Fsp3) is 0.458. The molecule has 0 saturated heterocycles. The lowest BCUT2D eigenvalue weighted by Crippen LogP contribution is -2.44. The predicted octanol–water partition coefficient (Wildman–Crippen LogP) is 2.72. The van der Waals surface area contributed by atoms with Gasteiger partial charge < -0.3 is 19.7 Å². The van der Waals surface area contributed by atoms with Gasteiger partial charge in [0.05, 0.1) is 17.4 Å². The van der Waals surface area contributed by atoms with Crippen LogP contribution in [-0.2, 0) is 20.5 Å². The number of anilines is 1. The number of rotatable bonds is 5. The lowest BCUT2D eigenvalue weighted by Gasteiger charge is -2.30. The number of ether oxygens (including phenoxy) is 2. The number of hydrogen-bond donors (Lipinski definition) is 2. The molecular weight excluding hydrogens is 442 g/mol. The molecule has 0 aromatic heterocycles. The summed E-state index contributed by atoms with van der Waals surface area (Å²) in [5, 5.41) is 3.44. The van der Waals surface area contributed by atoms with Crippen LogP contribution in [0.3, 0.4) is 0 Å². The molecule has 0 unspecified atom stereocenters. The van der Waals surface area contributed by atoms with Crippen LogP contribution in [0.5, 0.6) is 5.75 Å². The number of amides is 1. The van der Waals surface area contributed by atoms with Gasteiger partial charge in [0.1, 0.15) is 12.4 Å². The van der Waals surface area contributed by atoms with Crippen LogP contribution in [-0.4, -0.2) is 65.2 Å². The molecule has 1 heterocycles. The Hall–Kier alpha value is -2.62. The van der Waals surface area contributed by atoms with Gasteiger partial charge in [-0.1, -0.05) is 37.3 Å². The zero-order valence-corrected chi connectivity index (χ0v) is 20.4. The second-order valence-electron chi connectivity index (χ2n) is 8.62. The second kappa shape index (κ2) is 11.0. The fourth-order valence-electron chi connectivity index (χ4n) is 3.73. The van der Waals surface area contributed by atoms with Crippen LogP contribution >= 0.6 is 0 Å². The maximum absolute atomic E-state index is 13.3. The molecule has 3 rings (SSSR count). The highest BCUT2D eigenvalue weighted by atomic mass is 32.2. The molecule has 0 aliphatic carbocycles. The van der Waals surface area contributed by atoms with Gasteiger partial charge >= 0.3 is 0 Å². The molecule has 3 atom stereocenters. The minimum absolute atomic E-state index is 0.0640. The minimum atomic E-state index is -3.66. The largest absolute Gasteiger partial charge is 0.491 e. The van der Waals surface area contributed by atoms with E-state index in [1.54, 1.807) is 55.5 Å². The van der Waals surface area contributed by atoms with Crippen molar-refractivity contribution in [3.05, 3.63) is 59.7 Å². The molecular formula is C24H33N3O5S. The van der Waals surface area contributed by atoms with Crippen molar-refractivity contribution < 1.29 is 22.7 Å². The first-order valence-corrected chi connectivity index (χ1v) is 12.7. The summed E-state index contributed by atoms with van der Waals surface area (Å²) >= 11 is 0. The van der Waals surface area contributed by atoms with Gasteiger partial charge in [-0.25, -0.2) is 8.42 Å². The van der Waals surface area contributed by atoms with Gasteiger partial charge in [-0.3, -0.25) is 9.52 Å². The Kier molecular flexibility index (Phi) is 8.34. The molecule has 180 valence electrons. The summed E-state index contributed by atoms with van der Waals surface area (Å²) in [5.41, 5.74) is 1.29. The Labute approximate surface area is 196 Å². The Morgan fingerprint density at radius 1 is 1.18 bits per heavy atom. The number of sulfonamides is 1. The fourth-order valence-corrected chi connectivity index (χ4v) is 4.92. The smallest absolute Gasteiger partial charge is 0.257 e. The monoisotopic (exact) mass is 475 g/mol. The molecule has 1 amide bonds. The second-order valence-corrected chi connectivity index (χ2v) is 10.3. The maximum Gasteiger partial charge on any atom is 0.257 e. The molecule has 2 aromatic rings. The van der Waals surface area contributed by atoms with Crippen molar-refractivity contribution >= 4 is 21.6 Å². The van der Waals surface area contributed by atoms with Crippen molar-refractivity contribution in [2.75, 3.05) is 38.6 Å². The van der Waals surface area contributed by atoms with E-state index in [0.717, 1.165) is 6.54 Å². The molecule has 2 N–H and O–H groups in total. The van der Waals surface area contributed by atoms with Gasteiger partial charge in [0.25, 0.3) is 5.91 Å². The Morgan fingerprint density at radius 2 is 1.91 bits per heavy atom. The number of benzene rings is 2. The minimum Gasteiger partial charge on any atom is -0.491 e. The van der Waals surface area contributed by atoms with E-state index in [1.807, 2.05) is 13.0 Å². The van der Waals surface area contributed by atoms with E-state index < -0.39 is 10.0 Å². The van der Waals surface area contributed by atoms with E-state index >= 15 is 0 Å². The van der Waals surface area contributed by atoms with Crippen LogP contribution in [0, 0.1) is 5.92 Å². The molecule has 8 nitrogen and oxygen atoms in total. The molecule has 0 fully saturated rings. The Balaban J connectivity index is 1.88. The lowest BCUT2D eigenvalue weighted by atomic mass is 10.0. The third-order valence-electron chi connectivity index (χ3n) is 5.70. The van der Waals surface area contributed by atoms with Gasteiger partial charge in [-0.05, 0) is 36.6 Å². The molecule has 0 radical (unpaired) electrons. The molecule has 9 heteroatoms. The Bertz CT molecular complexity index is 1050. The normalized spacial score (nSPS) is 22.5. The number of likely N-dealkylation sites (N-methyl/N-ethyl adjacent to an activating group) is 1. The first-order chi connectivity index (χ1) is 15.7. The summed E-state index contributed by atoms with van der Waals surface area (Å²) in [7, 11) is -0.308. The zero-order valence-electron chi connectivity index (χ0n) is 19.6. The molecule has 1 aliphatic heterocycles. The summed E-state index contributed by atoms with van der Waals surface area (Å²) in [5.74, 6) is 0.174. The SMILES string of the molecule is CO[C@H]1CN(C)C(=O)c2cc(NS(=O)(=O)Cc3ccccc3)ccc2OC[C@@H](C)NC[C@H]1C. The highest BCUT2D eigenvalue weighted by Gasteiger charge is 2.26. The van der Waals surface area contributed by atoms with Crippen LogP contribution in [0.2, 0.25) is 0 Å². The van der Waals surface area contributed by atoms with Crippen molar-refractivity contribution in [3.63, 3.8) is 0 Å². The summed E-state index contributed by atoms with van der Waals surface area (Å²) in [6, 6.07) is 13.8. The van der Waals surface area contributed by atoms with E-state index in [0.29, 0.717) is 35.7 Å². The number of nitrogens with one attached hydrogen (secondary N) is 2. The maximum atomic E-state index is 13.3. The third kappa shape index (κ3) is 6.93. The average molecular weight is 476 g/mol. The van der Waals surface area contributed by atoms with Gasteiger partial charge in [0.2, 0.25) is 10.0 Å². The number of nitrogens with zero attached hydrogens (tertiary/aromatic N) is 1. The Morgan fingerprint density at radius 3 is 2.61 bits per heavy atom. The third-order valence-corrected chi connectivity index (χ3v) is 6.96. The van der Waals surface area contributed by atoms with E-state index in [9.17, 15) is 13.2 Å². The summed E-state index contributed by atoms with van der Waals surface area (Å²) in [4.78, 5) is 14.9. The van der Waals surface area contributed by atoms with E-state index in [-0.39, 0.29) is 29.7 Å². The molecule has 1 aliphatic rings. The quantitative estimate of drug-likeness (QED) is 0.690. The number of hydrogen-bond acceptors (Lipinski definition) is 6. The van der Waals surface area contributed by atoms with Crippen LogP contribution in [0.15, 0.2) is 48.5 Å². The van der Waals surface area contributed by atoms with Gasteiger partial charge in [-0.2, -0.15) is 0 Å². The van der Waals surface area contributed by atoms with Gasteiger partial charge in [0.15, 0.2) is 0 Å². The highest BCUT2D eigenvalue weighted by Crippen LogP contribution is 2.26. The summed E-state index contributed by atoms with van der Waals surface area (Å²) in [6.07, 6.45) is -0.144. The summed E-state index contributed by atoms with van der Waals surface area (Å²) in [6.45, 7) is 5.59.